The molecule has 4 aromatic rings. The minimum absolute atomic E-state index is 0.161. The number of fused-ring (bicyclic) bond motifs is 1. The smallest absolute Gasteiger partial charge is 0.271 e. The van der Waals surface area contributed by atoms with E-state index in [4.69, 9.17) is 14.2 Å². The van der Waals surface area contributed by atoms with Gasteiger partial charge in [-0.05, 0) is 29.8 Å². The molecule has 0 aliphatic carbocycles. The summed E-state index contributed by atoms with van der Waals surface area (Å²) in [5.74, 6) is 1.45. The summed E-state index contributed by atoms with van der Waals surface area (Å²) in [5, 5.41) is 4.66. The number of benzene rings is 2. The number of hydrogen-bond acceptors (Lipinski definition) is 7. The van der Waals surface area contributed by atoms with E-state index in [1.165, 1.54) is 36.5 Å². The van der Waals surface area contributed by atoms with Crippen molar-refractivity contribution in [3.63, 3.8) is 0 Å². The molecule has 0 fully saturated rings. The van der Waals surface area contributed by atoms with Gasteiger partial charge in [-0.3, -0.25) is 14.2 Å². The number of thiophene rings is 1. The molecule has 1 N–H and O–H groups in total. The predicted octanol–water partition coefficient (Wildman–Crippen LogP) is 3.79. The monoisotopic (exact) mass is 451 g/mol. The van der Waals surface area contributed by atoms with Crippen LogP contribution in [0.2, 0.25) is 0 Å². The maximum atomic E-state index is 12.9. The van der Waals surface area contributed by atoms with Crippen LogP contribution in [0.15, 0.2) is 59.0 Å². The summed E-state index contributed by atoms with van der Waals surface area (Å²) in [7, 11) is 4.67. The topological polar surface area (TPSA) is 91.7 Å². The average molecular weight is 452 g/mol. The summed E-state index contributed by atoms with van der Waals surface area (Å²) >= 11 is 1.31. The number of aromatic nitrogens is 2. The zero-order valence-electron chi connectivity index (χ0n) is 17.7. The molecule has 0 radical (unpaired) electrons. The van der Waals surface area contributed by atoms with Crippen LogP contribution in [-0.2, 0) is 11.3 Å². The number of carbonyl (C=O) groups excluding carboxylic acids is 1. The number of carbonyl (C=O) groups is 1. The SMILES string of the molecule is COc1ccc(-c2csc3c(=O)n(CC(=O)Nc4ccc(OC)c(OC)c4)cnc23)cc1. The normalized spacial score (nSPS) is 10.7. The number of nitrogens with one attached hydrogen (secondary N) is 1. The molecule has 32 heavy (non-hydrogen) atoms. The standard InChI is InChI=1S/C23H21N3O5S/c1-29-16-7-4-14(5-8-16)17-12-32-22-21(17)24-13-26(23(22)28)11-20(27)25-15-6-9-18(30-2)19(10-15)31-3/h4-10,12-13H,11H2,1-3H3,(H,25,27). The van der Waals surface area contributed by atoms with Gasteiger partial charge >= 0.3 is 0 Å². The Balaban J connectivity index is 1.55. The fourth-order valence-electron chi connectivity index (χ4n) is 3.30. The van der Waals surface area contributed by atoms with Gasteiger partial charge in [0.05, 0.1) is 33.2 Å². The molecular formula is C23H21N3O5S. The molecule has 0 saturated carbocycles. The number of anilines is 1. The maximum absolute atomic E-state index is 12.9. The first-order valence-corrected chi connectivity index (χ1v) is 10.5. The molecule has 0 saturated heterocycles. The Morgan fingerprint density at radius 1 is 1.03 bits per heavy atom. The van der Waals surface area contributed by atoms with Crippen LogP contribution in [0.25, 0.3) is 21.3 Å². The Morgan fingerprint density at radius 2 is 1.78 bits per heavy atom. The Labute approximate surface area is 188 Å². The molecule has 0 aliphatic heterocycles. The van der Waals surface area contributed by atoms with Gasteiger partial charge in [0.2, 0.25) is 5.91 Å². The van der Waals surface area contributed by atoms with Crippen molar-refractivity contribution in [2.75, 3.05) is 26.6 Å². The van der Waals surface area contributed by atoms with Gasteiger partial charge in [0, 0.05) is 22.7 Å². The summed E-state index contributed by atoms with van der Waals surface area (Å²) in [4.78, 5) is 29.9. The molecule has 0 unspecified atom stereocenters. The van der Waals surface area contributed by atoms with E-state index in [-0.39, 0.29) is 18.0 Å². The van der Waals surface area contributed by atoms with Crippen LogP contribution < -0.4 is 25.1 Å². The molecule has 9 heteroatoms. The fourth-order valence-corrected chi connectivity index (χ4v) is 4.27. The molecule has 0 atom stereocenters. The van der Waals surface area contributed by atoms with Crippen LogP contribution in [0.1, 0.15) is 0 Å². The predicted molar refractivity (Wildman–Crippen MR) is 124 cm³/mol. The van der Waals surface area contributed by atoms with E-state index in [1.54, 1.807) is 25.3 Å². The van der Waals surface area contributed by atoms with Gasteiger partial charge in [-0.15, -0.1) is 11.3 Å². The van der Waals surface area contributed by atoms with Crippen LogP contribution in [0.5, 0.6) is 17.2 Å². The third-order valence-corrected chi connectivity index (χ3v) is 5.89. The quantitative estimate of drug-likeness (QED) is 0.460. The first-order valence-electron chi connectivity index (χ1n) is 9.67. The zero-order chi connectivity index (χ0) is 22.7. The summed E-state index contributed by atoms with van der Waals surface area (Å²) in [6.07, 6.45) is 1.40. The summed E-state index contributed by atoms with van der Waals surface area (Å²) in [5.41, 5.74) is 2.69. The van der Waals surface area contributed by atoms with Gasteiger partial charge < -0.3 is 19.5 Å². The van der Waals surface area contributed by atoms with Crippen molar-refractivity contribution in [3.05, 3.63) is 64.5 Å². The highest BCUT2D eigenvalue weighted by molar-refractivity contribution is 7.17. The summed E-state index contributed by atoms with van der Waals surface area (Å²) in [6, 6.07) is 12.6. The molecule has 1 amide bonds. The first kappa shape index (κ1) is 21.4. The second-order valence-electron chi connectivity index (χ2n) is 6.85. The molecular weight excluding hydrogens is 430 g/mol. The molecule has 8 nitrogen and oxygen atoms in total. The highest BCUT2D eigenvalue weighted by Crippen LogP contribution is 2.32. The highest BCUT2D eigenvalue weighted by atomic mass is 32.1. The van der Waals surface area contributed by atoms with Gasteiger partial charge in [0.15, 0.2) is 11.5 Å². The lowest BCUT2D eigenvalue weighted by Gasteiger charge is -2.11. The molecule has 2 heterocycles. The van der Waals surface area contributed by atoms with Crippen LogP contribution in [-0.4, -0.2) is 36.8 Å². The van der Waals surface area contributed by atoms with Crippen LogP contribution in [0.4, 0.5) is 5.69 Å². The van der Waals surface area contributed by atoms with Crippen molar-refractivity contribution < 1.29 is 19.0 Å². The Hall–Kier alpha value is -3.85. The lowest BCUT2D eigenvalue weighted by atomic mass is 10.1. The Kier molecular flexibility index (Phi) is 6.09. The van der Waals surface area contributed by atoms with E-state index < -0.39 is 0 Å². The third-order valence-electron chi connectivity index (χ3n) is 4.93. The fraction of sp³-hybridized carbons (Fsp3) is 0.174. The van der Waals surface area contributed by atoms with Crippen molar-refractivity contribution in [3.8, 4) is 28.4 Å². The Bertz CT molecular complexity index is 1330. The van der Waals surface area contributed by atoms with Gasteiger partial charge in [-0.1, -0.05) is 12.1 Å². The molecule has 2 aromatic heterocycles. The average Bonchev–Trinajstić information content (AvgIpc) is 3.25. The number of methoxy groups -OCH3 is 3. The van der Waals surface area contributed by atoms with Crippen LogP contribution in [0, 0.1) is 0 Å². The van der Waals surface area contributed by atoms with E-state index >= 15 is 0 Å². The molecule has 2 aromatic carbocycles. The van der Waals surface area contributed by atoms with E-state index in [9.17, 15) is 9.59 Å². The molecule has 0 spiro atoms. The van der Waals surface area contributed by atoms with Crippen molar-refractivity contribution in [1.29, 1.82) is 0 Å². The summed E-state index contributed by atoms with van der Waals surface area (Å²) < 4.78 is 17.4. The van der Waals surface area contributed by atoms with E-state index in [0.717, 1.165) is 16.9 Å². The molecule has 4 rings (SSSR count). The third kappa shape index (κ3) is 4.15. The van der Waals surface area contributed by atoms with Crippen molar-refractivity contribution in [2.24, 2.45) is 0 Å². The zero-order valence-corrected chi connectivity index (χ0v) is 18.6. The second kappa shape index (κ2) is 9.11. The molecule has 0 bridgehead atoms. The number of hydrogen-bond donors (Lipinski definition) is 1. The van der Waals surface area contributed by atoms with E-state index in [0.29, 0.717) is 27.4 Å². The lowest BCUT2D eigenvalue weighted by molar-refractivity contribution is -0.116. The van der Waals surface area contributed by atoms with Crippen molar-refractivity contribution >= 4 is 33.1 Å². The van der Waals surface area contributed by atoms with Gasteiger partial charge in [-0.25, -0.2) is 4.98 Å². The number of nitrogens with zero attached hydrogens (tertiary/aromatic N) is 2. The number of ether oxygens (including phenoxy) is 3. The van der Waals surface area contributed by atoms with Gasteiger partial charge in [0.1, 0.15) is 17.0 Å². The maximum Gasteiger partial charge on any atom is 0.271 e. The van der Waals surface area contributed by atoms with Crippen LogP contribution >= 0.6 is 11.3 Å². The molecule has 164 valence electrons. The lowest BCUT2D eigenvalue weighted by Crippen LogP contribution is -2.27. The van der Waals surface area contributed by atoms with Crippen molar-refractivity contribution in [1.82, 2.24) is 9.55 Å². The summed E-state index contributed by atoms with van der Waals surface area (Å²) in [6.45, 7) is -0.161. The minimum Gasteiger partial charge on any atom is -0.497 e. The second-order valence-corrected chi connectivity index (χ2v) is 7.73. The Morgan fingerprint density at radius 3 is 2.47 bits per heavy atom. The van der Waals surface area contributed by atoms with Gasteiger partial charge in [0.25, 0.3) is 5.56 Å². The van der Waals surface area contributed by atoms with E-state index in [2.05, 4.69) is 10.3 Å². The van der Waals surface area contributed by atoms with Crippen LogP contribution in [0.3, 0.4) is 0 Å². The number of amides is 1. The minimum atomic E-state index is -0.354. The van der Waals surface area contributed by atoms with Gasteiger partial charge in [-0.2, -0.15) is 0 Å². The molecule has 0 aliphatic rings. The largest absolute Gasteiger partial charge is 0.497 e. The first-order chi connectivity index (χ1) is 15.5. The highest BCUT2D eigenvalue weighted by Gasteiger charge is 2.15. The number of rotatable bonds is 7. The van der Waals surface area contributed by atoms with E-state index in [1.807, 2.05) is 29.6 Å². The van der Waals surface area contributed by atoms with Crippen molar-refractivity contribution in [2.45, 2.75) is 6.54 Å².